The van der Waals surface area contributed by atoms with Crippen molar-refractivity contribution in [1.82, 2.24) is 15.3 Å². The maximum Gasteiger partial charge on any atom is 0.326 e. The van der Waals surface area contributed by atoms with E-state index in [2.05, 4.69) is 15.3 Å². The maximum absolute atomic E-state index is 12.1. The van der Waals surface area contributed by atoms with Crippen LogP contribution in [0.5, 0.6) is 11.8 Å². The van der Waals surface area contributed by atoms with Crippen LogP contribution in [0.15, 0.2) is 6.33 Å². The molecule has 0 spiro atoms. The van der Waals surface area contributed by atoms with Gasteiger partial charge in [-0.3, -0.25) is 4.79 Å². The topological polar surface area (TPSA) is 111 Å². The van der Waals surface area contributed by atoms with Gasteiger partial charge in [0.05, 0.1) is 14.2 Å². The molecule has 0 fully saturated rings. The zero-order valence-electron chi connectivity index (χ0n) is 10.8. The van der Waals surface area contributed by atoms with Gasteiger partial charge in [0.2, 0.25) is 11.8 Å². The fourth-order valence-corrected chi connectivity index (χ4v) is 1.43. The molecule has 0 aliphatic rings. The molecule has 1 aromatic rings. The number of nitrogens with zero attached hydrogens (tertiary/aromatic N) is 2. The van der Waals surface area contributed by atoms with Gasteiger partial charge >= 0.3 is 5.97 Å². The molecular formula is C11H15N3O5. The Bertz CT molecular complexity index is 455. The van der Waals surface area contributed by atoms with Crippen molar-refractivity contribution in [2.75, 3.05) is 14.2 Å². The normalized spacial score (nSPS) is 11.5. The Morgan fingerprint density at radius 2 is 1.84 bits per heavy atom. The number of carbonyl (C=O) groups is 2. The summed E-state index contributed by atoms with van der Waals surface area (Å²) in [6.45, 7) is 1.65. The minimum Gasteiger partial charge on any atom is -0.480 e. The Morgan fingerprint density at radius 3 is 2.21 bits per heavy atom. The molecule has 0 bridgehead atoms. The van der Waals surface area contributed by atoms with Gasteiger partial charge in [-0.25, -0.2) is 14.8 Å². The van der Waals surface area contributed by atoms with Crippen LogP contribution in [0.3, 0.4) is 0 Å². The van der Waals surface area contributed by atoms with Crippen molar-refractivity contribution in [3.8, 4) is 11.8 Å². The van der Waals surface area contributed by atoms with E-state index in [-0.39, 0.29) is 23.7 Å². The standard InChI is InChI=1S/C11H15N3O5/c1-4-6(11(16)17)14-8(15)7-9(18-2)12-5-13-10(7)19-3/h5-6H,4H2,1-3H3,(H,14,15)(H,16,17). The lowest BCUT2D eigenvalue weighted by molar-refractivity contribution is -0.139. The van der Waals surface area contributed by atoms with Crippen LogP contribution >= 0.6 is 0 Å². The highest BCUT2D eigenvalue weighted by molar-refractivity contribution is 6.00. The first-order valence-electron chi connectivity index (χ1n) is 5.51. The van der Waals surface area contributed by atoms with Gasteiger partial charge in [0.1, 0.15) is 12.4 Å². The van der Waals surface area contributed by atoms with Crippen molar-refractivity contribution in [3.63, 3.8) is 0 Å². The van der Waals surface area contributed by atoms with Crippen LogP contribution < -0.4 is 14.8 Å². The molecule has 1 atom stereocenters. The van der Waals surface area contributed by atoms with E-state index in [9.17, 15) is 9.59 Å². The van der Waals surface area contributed by atoms with Gasteiger partial charge in [-0.2, -0.15) is 0 Å². The molecule has 0 radical (unpaired) electrons. The van der Waals surface area contributed by atoms with E-state index in [0.717, 1.165) is 0 Å². The number of hydrogen-bond acceptors (Lipinski definition) is 6. The first-order chi connectivity index (χ1) is 9.04. The van der Waals surface area contributed by atoms with E-state index >= 15 is 0 Å². The second-order valence-electron chi connectivity index (χ2n) is 3.54. The van der Waals surface area contributed by atoms with E-state index in [0.29, 0.717) is 0 Å². The quantitative estimate of drug-likeness (QED) is 0.752. The summed E-state index contributed by atoms with van der Waals surface area (Å²) in [5.41, 5.74) is -0.0350. The van der Waals surface area contributed by atoms with E-state index in [1.807, 2.05) is 0 Å². The molecule has 2 N–H and O–H groups in total. The number of methoxy groups -OCH3 is 2. The number of carboxylic acids is 1. The third-order valence-electron chi connectivity index (χ3n) is 2.40. The molecule has 0 aromatic carbocycles. The summed E-state index contributed by atoms with van der Waals surface area (Å²) >= 11 is 0. The van der Waals surface area contributed by atoms with Crippen molar-refractivity contribution in [2.24, 2.45) is 0 Å². The number of hydrogen-bond donors (Lipinski definition) is 2. The molecule has 104 valence electrons. The number of aliphatic carboxylic acids is 1. The average Bonchev–Trinajstić information content (AvgIpc) is 2.42. The van der Waals surface area contributed by atoms with Gasteiger partial charge in [0, 0.05) is 0 Å². The predicted molar refractivity (Wildman–Crippen MR) is 64.3 cm³/mol. The molecule has 0 saturated heterocycles. The minimum atomic E-state index is -1.12. The third-order valence-corrected chi connectivity index (χ3v) is 2.40. The highest BCUT2D eigenvalue weighted by atomic mass is 16.5. The highest BCUT2D eigenvalue weighted by Crippen LogP contribution is 2.23. The van der Waals surface area contributed by atoms with Crippen LogP contribution in [-0.4, -0.2) is 47.2 Å². The van der Waals surface area contributed by atoms with Gasteiger partial charge in [-0.05, 0) is 6.42 Å². The number of amides is 1. The molecule has 0 aliphatic carbocycles. The Kier molecular flexibility index (Phi) is 5.04. The van der Waals surface area contributed by atoms with Crippen molar-refractivity contribution < 1.29 is 24.2 Å². The molecule has 1 amide bonds. The summed E-state index contributed by atoms with van der Waals surface area (Å²) in [7, 11) is 2.68. The van der Waals surface area contributed by atoms with E-state index in [1.165, 1.54) is 20.5 Å². The Balaban J connectivity index is 3.07. The van der Waals surface area contributed by atoms with Crippen molar-refractivity contribution >= 4 is 11.9 Å². The van der Waals surface area contributed by atoms with Crippen molar-refractivity contribution in [2.45, 2.75) is 19.4 Å². The number of carboxylic acid groups (broad SMARTS) is 1. The van der Waals surface area contributed by atoms with Crippen LogP contribution in [0.4, 0.5) is 0 Å². The Labute approximate surface area is 109 Å². The van der Waals surface area contributed by atoms with Gasteiger partial charge in [0.25, 0.3) is 5.91 Å². The molecule has 1 unspecified atom stereocenters. The smallest absolute Gasteiger partial charge is 0.326 e. The van der Waals surface area contributed by atoms with Gasteiger partial charge in [-0.1, -0.05) is 6.92 Å². The van der Waals surface area contributed by atoms with Crippen LogP contribution in [0, 0.1) is 0 Å². The molecular weight excluding hydrogens is 254 g/mol. The Morgan fingerprint density at radius 1 is 1.32 bits per heavy atom. The number of aromatic nitrogens is 2. The first kappa shape index (κ1) is 14.7. The molecule has 8 nitrogen and oxygen atoms in total. The lowest BCUT2D eigenvalue weighted by Gasteiger charge is -2.14. The third kappa shape index (κ3) is 3.30. The van der Waals surface area contributed by atoms with Gasteiger partial charge in [0.15, 0.2) is 5.56 Å². The molecule has 1 aromatic heterocycles. The van der Waals surface area contributed by atoms with Crippen LogP contribution in [0.25, 0.3) is 0 Å². The summed E-state index contributed by atoms with van der Waals surface area (Å²) in [5, 5.41) is 11.3. The van der Waals surface area contributed by atoms with Gasteiger partial charge in [-0.15, -0.1) is 0 Å². The van der Waals surface area contributed by atoms with E-state index in [1.54, 1.807) is 6.92 Å². The molecule has 19 heavy (non-hydrogen) atoms. The lowest BCUT2D eigenvalue weighted by Crippen LogP contribution is -2.40. The molecule has 8 heteroatoms. The predicted octanol–water partition coefficient (Wildman–Crippen LogP) is 0.0868. The number of rotatable bonds is 6. The summed E-state index contributed by atoms with van der Waals surface area (Å²) in [5.74, 6) is -1.75. The highest BCUT2D eigenvalue weighted by Gasteiger charge is 2.25. The minimum absolute atomic E-state index is 0.0181. The summed E-state index contributed by atoms with van der Waals surface area (Å²) < 4.78 is 9.89. The fraction of sp³-hybridized carbons (Fsp3) is 0.455. The molecule has 1 rings (SSSR count). The second-order valence-corrected chi connectivity index (χ2v) is 3.54. The molecule has 0 aliphatic heterocycles. The second kappa shape index (κ2) is 6.53. The molecule has 0 saturated carbocycles. The van der Waals surface area contributed by atoms with Crippen molar-refractivity contribution in [1.29, 1.82) is 0 Å². The molecule has 1 heterocycles. The van der Waals surface area contributed by atoms with E-state index in [4.69, 9.17) is 14.6 Å². The van der Waals surface area contributed by atoms with E-state index < -0.39 is 17.9 Å². The summed E-state index contributed by atoms with van der Waals surface area (Å²) in [6.07, 6.45) is 1.43. The number of carbonyl (C=O) groups excluding carboxylic acids is 1. The first-order valence-corrected chi connectivity index (χ1v) is 5.51. The number of ether oxygens (including phenoxy) is 2. The van der Waals surface area contributed by atoms with Gasteiger partial charge < -0.3 is 19.9 Å². The zero-order valence-corrected chi connectivity index (χ0v) is 10.8. The zero-order chi connectivity index (χ0) is 14.4. The largest absolute Gasteiger partial charge is 0.480 e. The maximum atomic E-state index is 12.1. The summed E-state index contributed by atoms with van der Waals surface area (Å²) in [4.78, 5) is 30.5. The number of nitrogens with one attached hydrogen (secondary N) is 1. The average molecular weight is 269 g/mol. The summed E-state index contributed by atoms with van der Waals surface area (Å²) in [6, 6.07) is -0.998. The van der Waals surface area contributed by atoms with Crippen LogP contribution in [0.2, 0.25) is 0 Å². The van der Waals surface area contributed by atoms with Crippen molar-refractivity contribution in [3.05, 3.63) is 11.9 Å². The lowest BCUT2D eigenvalue weighted by atomic mass is 10.2. The fourth-order valence-electron chi connectivity index (χ4n) is 1.43. The Hall–Kier alpha value is -2.38. The van der Waals surface area contributed by atoms with Crippen LogP contribution in [-0.2, 0) is 4.79 Å². The van der Waals surface area contributed by atoms with Crippen LogP contribution in [0.1, 0.15) is 23.7 Å². The SMILES string of the molecule is CCC(NC(=O)c1c(OC)ncnc1OC)C(=O)O. The monoisotopic (exact) mass is 269 g/mol.